The lowest BCUT2D eigenvalue weighted by Crippen LogP contribution is -2.16. The second-order valence-electron chi connectivity index (χ2n) is 4.42. The minimum Gasteiger partial charge on any atom is -0.399 e. The van der Waals surface area contributed by atoms with Crippen LogP contribution < -0.4 is 10.5 Å². The average Bonchev–Trinajstić information content (AvgIpc) is 2.36. The minimum atomic E-state index is -3.92. The number of nitrogen functional groups attached to an aromatic ring is 1. The van der Waals surface area contributed by atoms with E-state index in [4.69, 9.17) is 5.73 Å². The van der Waals surface area contributed by atoms with Gasteiger partial charge in [0, 0.05) is 17.4 Å². The van der Waals surface area contributed by atoms with E-state index >= 15 is 0 Å². The van der Waals surface area contributed by atoms with E-state index in [9.17, 15) is 12.8 Å². The Bertz CT molecular complexity index is 760. The molecule has 1 aromatic heterocycles. The largest absolute Gasteiger partial charge is 0.399 e. The molecule has 0 saturated carbocycles. The summed E-state index contributed by atoms with van der Waals surface area (Å²) in [5.41, 5.74) is 6.63. The molecule has 0 aliphatic carbocycles. The number of pyridine rings is 1. The quantitative estimate of drug-likeness (QED) is 0.850. The van der Waals surface area contributed by atoms with Crippen molar-refractivity contribution in [2.24, 2.45) is 0 Å². The molecule has 2 rings (SSSR count). The lowest BCUT2D eigenvalue weighted by atomic mass is 10.2. The van der Waals surface area contributed by atoms with Gasteiger partial charge in [-0.25, -0.2) is 12.8 Å². The maximum Gasteiger partial charge on any atom is 0.262 e. The first-order chi connectivity index (χ1) is 9.31. The fourth-order valence-corrected chi connectivity index (χ4v) is 3.13. The van der Waals surface area contributed by atoms with Crippen LogP contribution in [0.25, 0.3) is 0 Å². The number of anilines is 2. The van der Waals surface area contributed by atoms with Gasteiger partial charge in [0.1, 0.15) is 5.82 Å². The zero-order valence-electron chi connectivity index (χ0n) is 11.0. The molecule has 7 heteroatoms. The second kappa shape index (κ2) is 5.09. The van der Waals surface area contributed by atoms with Crippen molar-refractivity contribution in [2.45, 2.75) is 18.7 Å². The number of nitrogens with zero attached hydrogens (tertiary/aromatic N) is 1. The van der Waals surface area contributed by atoms with Gasteiger partial charge in [0.15, 0.2) is 0 Å². The van der Waals surface area contributed by atoms with Crippen molar-refractivity contribution in [3.05, 3.63) is 47.5 Å². The number of nitrogens with two attached hydrogens (primary N) is 1. The van der Waals surface area contributed by atoms with E-state index in [1.165, 1.54) is 19.2 Å². The third kappa shape index (κ3) is 2.72. The Morgan fingerprint density at radius 1 is 1.30 bits per heavy atom. The molecular weight excluding hydrogens is 281 g/mol. The van der Waals surface area contributed by atoms with E-state index in [-0.39, 0.29) is 16.1 Å². The molecule has 1 aromatic carbocycles. The molecule has 0 saturated heterocycles. The summed E-state index contributed by atoms with van der Waals surface area (Å²) >= 11 is 0. The summed E-state index contributed by atoms with van der Waals surface area (Å²) in [4.78, 5) is 3.67. The molecule has 0 bridgehead atoms. The van der Waals surface area contributed by atoms with E-state index in [1.54, 1.807) is 19.2 Å². The summed E-state index contributed by atoms with van der Waals surface area (Å²) in [7, 11) is -3.92. The number of rotatable bonds is 3. The predicted octanol–water partition coefficient (Wildman–Crippen LogP) is 2.22. The summed E-state index contributed by atoms with van der Waals surface area (Å²) in [5.74, 6) is -0.659. The van der Waals surface area contributed by atoms with Crippen LogP contribution in [0.1, 0.15) is 11.1 Å². The van der Waals surface area contributed by atoms with Crippen molar-refractivity contribution in [1.82, 2.24) is 4.98 Å². The van der Waals surface area contributed by atoms with Crippen molar-refractivity contribution < 1.29 is 12.8 Å². The average molecular weight is 295 g/mol. The fourth-order valence-electron chi connectivity index (χ4n) is 1.72. The Kier molecular flexibility index (Phi) is 3.63. The molecule has 2 aromatic rings. The van der Waals surface area contributed by atoms with Crippen LogP contribution in [-0.4, -0.2) is 13.4 Å². The third-order valence-electron chi connectivity index (χ3n) is 2.89. The van der Waals surface area contributed by atoms with Gasteiger partial charge in [-0.15, -0.1) is 0 Å². The Balaban J connectivity index is 2.49. The molecule has 0 unspecified atom stereocenters. The molecule has 0 radical (unpaired) electrons. The van der Waals surface area contributed by atoms with Crippen LogP contribution in [0.3, 0.4) is 0 Å². The van der Waals surface area contributed by atoms with Crippen molar-refractivity contribution in [3.8, 4) is 0 Å². The van der Waals surface area contributed by atoms with Gasteiger partial charge in [0.2, 0.25) is 0 Å². The first kappa shape index (κ1) is 14.3. The van der Waals surface area contributed by atoms with Crippen LogP contribution in [0.2, 0.25) is 0 Å². The highest BCUT2D eigenvalue weighted by Crippen LogP contribution is 2.24. The number of hydrogen-bond donors (Lipinski definition) is 2. The lowest BCUT2D eigenvalue weighted by molar-refractivity contribution is 0.591. The topological polar surface area (TPSA) is 85.1 Å². The molecule has 3 N–H and O–H groups in total. The van der Waals surface area contributed by atoms with Crippen molar-refractivity contribution in [2.75, 3.05) is 10.5 Å². The molecule has 0 amide bonds. The van der Waals surface area contributed by atoms with Crippen LogP contribution in [-0.2, 0) is 10.0 Å². The molecule has 0 aliphatic heterocycles. The van der Waals surface area contributed by atoms with Gasteiger partial charge in [-0.05, 0) is 37.6 Å². The maximum atomic E-state index is 13.6. The monoisotopic (exact) mass is 295 g/mol. The van der Waals surface area contributed by atoms with E-state index in [2.05, 4.69) is 9.71 Å². The normalized spacial score (nSPS) is 11.3. The fraction of sp³-hybridized carbons (Fsp3) is 0.154. The highest BCUT2D eigenvalue weighted by molar-refractivity contribution is 7.92. The van der Waals surface area contributed by atoms with E-state index in [0.717, 1.165) is 6.07 Å². The molecule has 20 heavy (non-hydrogen) atoms. The molecule has 1 heterocycles. The zero-order chi connectivity index (χ0) is 14.9. The third-order valence-corrected chi connectivity index (χ3v) is 4.38. The molecule has 106 valence electrons. The highest BCUT2D eigenvalue weighted by Gasteiger charge is 2.20. The van der Waals surface area contributed by atoms with Gasteiger partial charge in [0.25, 0.3) is 10.0 Å². The maximum absolute atomic E-state index is 13.6. The Labute approximate surface area is 116 Å². The Morgan fingerprint density at radius 2 is 2.00 bits per heavy atom. The standard InChI is InChI=1S/C13H14FN3O2S/c1-8-3-4-16-7-12(8)17-20(18,19)13-6-10(15)5-11(14)9(13)2/h3-7,17H,15H2,1-2H3. The number of aryl methyl sites for hydroxylation is 1. The molecule has 0 aliphatic rings. The summed E-state index contributed by atoms with van der Waals surface area (Å²) in [5, 5.41) is 0. The van der Waals surface area contributed by atoms with Gasteiger partial charge < -0.3 is 5.73 Å². The van der Waals surface area contributed by atoms with Gasteiger partial charge in [-0.3, -0.25) is 9.71 Å². The lowest BCUT2D eigenvalue weighted by Gasteiger charge is -2.12. The van der Waals surface area contributed by atoms with Crippen LogP contribution in [0.4, 0.5) is 15.8 Å². The SMILES string of the molecule is Cc1ccncc1NS(=O)(=O)c1cc(N)cc(F)c1C. The van der Waals surface area contributed by atoms with Crippen molar-refractivity contribution in [1.29, 1.82) is 0 Å². The number of sulfonamides is 1. The van der Waals surface area contributed by atoms with Crippen LogP contribution in [0.5, 0.6) is 0 Å². The van der Waals surface area contributed by atoms with Crippen LogP contribution in [0.15, 0.2) is 35.5 Å². The number of benzene rings is 1. The van der Waals surface area contributed by atoms with Crippen LogP contribution in [0, 0.1) is 19.7 Å². The van der Waals surface area contributed by atoms with Crippen molar-refractivity contribution in [3.63, 3.8) is 0 Å². The molecule has 0 spiro atoms. The van der Waals surface area contributed by atoms with Crippen LogP contribution >= 0.6 is 0 Å². The first-order valence-electron chi connectivity index (χ1n) is 5.80. The number of hydrogen-bond acceptors (Lipinski definition) is 4. The minimum absolute atomic E-state index is 0.0215. The van der Waals surface area contributed by atoms with E-state index in [1.807, 2.05) is 0 Å². The second-order valence-corrected chi connectivity index (χ2v) is 6.07. The Morgan fingerprint density at radius 3 is 2.65 bits per heavy atom. The van der Waals surface area contributed by atoms with Gasteiger partial charge in [0.05, 0.1) is 16.8 Å². The van der Waals surface area contributed by atoms with Crippen molar-refractivity contribution >= 4 is 21.4 Å². The highest BCUT2D eigenvalue weighted by atomic mass is 32.2. The van der Waals surface area contributed by atoms with Gasteiger partial charge in [-0.2, -0.15) is 0 Å². The van der Waals surface area contributed by atoms with E-state index < -0.39 is 15.8 Å². The molecular formula is C13H14FN3O2S. The number of aromatic nitrogens is 1. The predicted molar refractivity (Wildman–Crippen MR) is 75.3 cm³/mol. The number of halogens is 1. The summed E-state index contributed by atoms with van der Waals surface area (Å²) in [6.07, 6.45) is 2.95. The summed E-state index contributed by atoms with van der Waals surface area (Å²) in [6, 6.07) is 3.99. The number of nitrogens with one attached hydrogen (secondary N) is 1. The molecule has 0 fully saturated rings. The summed E-state index contributed by atoms with van der Waals surface area (Å²) in [6.45, 7) is 3.13. The van der Waals surface area contributed by atoms with Gasteiger partial charge >= 0.3 is 0 Å². The first-order valence-corrected chi connectivity index (χ1v) is 7.28. The van der Waals surface area contributed by atoms with E-state index in [0.29, 0.717) is 11.3 Å². The smallest absolute Gasteiger partial charge is 0.262 e. The zero-order valence-corrected chi connectivity index (χ0v) is 11.8. The molecule has 5 nitrogen and oxygen atoms in total. The Hall–Kier alpha value is -2.15. The molecule has 0 atom stereocenters. The van der Waals surface area contributed by atoms with Gasteiger partial charge in [-0.1, -0.05) is 0 Å². The summed E-state index contributed by atoms with van der Waals surface area (Å²) < 4.78 is 40.6.